The average molecular weight is 424 g/mol. The predicted molar refractivity (Wildman–Crippen MR) is 109 cm³/mol. The normalized spacial score (nSPS) is 13.0. The second kappa shape index (κ2) is 11.3. The van der Waals surface area contributed by atoms with Gasteiger partial charge in [-0.2, -0.15) is 0 Å². The first-order chi connectivity index (χ1) is 11.2. The summed E-state index contributed by atoms with van der Waals surface area (Å²) in [5.41, 5.74) is 0.297. The van der Waals surface area contributed by atoms with Crippen LogP contribution in [-0.2, 0) is 9.53 Å². The van der Waals surface area contributed by atoms with Crippen molar-refractivity contribution in [2.75, 3.05) is 24.8 Å². The van der Waals surface area contributed by atoms with E-state index in [1.165, 1.54) is 0 Å². The maximum absolute atomic E-state index is 12.0. The van der Waals surface area contributed by atoms with E-state index < -0.39 is 17.3 Å². The molecule has 2 amide bonds. The van der Waals surface area contributed by atoms with Gasteiger partial charge in [-0.1, -0.05) is 0 Å². The molecule has 0 bridgehead atoms. The van der Waals surface area contributed by atoms with Gasteiger partial charge in [0.2, 0.25) is 0 Å². The second-order valence-electron chi connectivity index (χ2n) is 6.85. The zero-order valence-electron chi connectivity index (χ0n) is 15.8. The molecule has 0 rings (SSSR count). The Bertz CT molecular complexity index is 415. The number of imide groups is 1. The Labute approximate surface area is 155 Å². The number of carbonyl (C=O) groups is 2. The number of carbonyl (C=O) groups excluding carboxylic acids is 2. The van der Waals surface area contributed by atoms with E-state index in [4.69, 9.17) is 4.74 Å². The van der Waals surface area contributed by atoms with Crippen molar-refractivity contribution in [2.45, 2.75) is 66.2 Å². The first-order valence-electron chi connectivity index (χ1n) is 9.06. The molecule has 0 atom stereocenters. The van der Waals surface area contributed by atoms with Gasteiger partial charge in [0.1, 0.15) is 0 Å². The van der Waals surface area contributed by atoms with Crippen molar-refractivity contribution in [3.63, 3.8) is 0 Å². The molecule has 0 aromatic carbocycles. The fraction of sp³-hybridized carbons (Fsp3) is 0.778. The predicted octanol–water partition coefficient (Wildman–Crippen LogP) is 6.04. The number of hydrogen-bond donors (Lipinski definition) is 1. The van der Waals surface area contributed by atoms with E-state index in [-0.39, 0.29) is 0 Å². The Hall–Kier alpha value is -0.410. The molecule has 0 aromatic heterocycles. The molecular weight excluding hydrogens is 389 g/mol. The molecule has 0 fully saturated rings. The van der Waals surface area contributed by atoms with E-state index in [9.17, 15) is 9.59 Å². The van der Waals surface area contributed by atoms with Crippen molar-refractivity contribution < 1.29 is 14.3 Å². The molecule has 0 saturated carbocycles. The standard InChI is InChI=1S/C18H35BrNO3P/c1-6-9-12-24(19,13-10-7-2,14-11-8-3)15-23-18(22)20-17(21)16(4)5/h4,6-15H2,1-3,5H3,(H,20,21,22). The Kier molecular flexibility index (Phi) is 11.1. The molecule has 4 nitrogen and oxygen atoms in total. The first kappa shape index (κ1) is 23.6. The molecule has 1 N–H and O–H groups in total. The summed E-state index contributed by atoms with van der Waals surface area (Å²) in [5.74, 6) is -0.481. The maximum atomic E-state index is 12.0. The van der Waals surface area contributed by atoms with E-state index in [0.29, 0.717) is 11.9 Å². The van der Waals surface area contributed by atoms with Crippen molar-refractivity contribution in [3.8, 4) is 0 Å². The van der Waals surface area contributed by atoms with Crippen LogP contribution in [0.25, 0.3) is 0 Å². The minimum atomic E-state index is -2.29. The molecule has 142 valence electrons. The van der Waals surface area contributed by atoms with E-state index in [1.54, 1.807) is 6.92 Å². The number of nitrogens with one attached hydrogen (secondary N) is 1. The van der Waals surface area contributed by atoms with Crippen LogP contribution in [0.4, 0.5) is 4.79 Å². The van der Waals surface area contributed by atoms with Crippen LogP contribution in [0, 0.1) is 0 Å². The Morgan fingerprint density at radius 1 is 1.00 bits per heavy atom. The number of hydrogen-bond acceptors (Lipinski definition) is 3. The monoisotopic (exact) mass is 423 g/mol. The quantitative estimate of drug-likeness (QED) is 0.307. The van der Waals surface area contributed by atoms with Crippen molar-refractivity contribution >= 4 is 32.8 Å². The van der Waals surface area contributed by atoms with Gasteiger partial charge in [0.15, 0.2) is 0 Å². The van der Waals surface area contributed by atoms with E-state index >= 15 is 0 Å². The van der Waals surface area contributed by atoms with Crippen molar-refractivity contribution in [2.24, 2.45) is 0 Å². The van der Waals surface area contributed by atoms with Gasteiger partial charge in [-0.3, -0.25) is 0 Å². The van der Waals surface area contributed by atoms with Crippen LogP contribution < -0.4 is 5.32 Å². The number of rotatable bonds is 12. The fourth-order valence-electron chi connectivity index (χ4n) is 2.64. The van der Waals surface area contributed by atoms with Gasteiger partial charge < -0.3 is 0 Å². The molecule has 0 heterocycles. The van der Waals surface area contributed by atoms with Gasteiger partial charge in [-0.05, 0) is 0 Å². The first-order valence-corrected chi connectivity index (χ1v) is 14.1. The summed E-state index contributed by atoms with van der Waals surface area (Å²) in [7, 11) is 0. The summed E-state index contributed by atoms with van der Waals surface area (Å²) in [5, 5.41) is -0.0545. The Morgan fingerprint density at radius 2 is 1.42 bits per heavy atom. The molecule has 0 unspecified atom stereocenters. The summed E-state index contributed by atoms with van der Waals surface area (Å²) < 4.78 is 5.52. The van der Waals surface area contributed by atoms with E-state index in [2.05, 4.69) is 48.2 Å². The van der Waals surface area contributed by atoms with Gasteiger partial charge in [0.05, 0.1) is 0 Å². The van der Waals surface area contributed by atoms with Crippen LogP contribution in [0.1, 0.15) is 66.2 Å². The SMILES string of the molecule is C=C(C)C(=O)NC(=O)OCP(Br)(CCCC)(CCCC)CCCC. The molecule has 0 aliphatic heterocycles. The van der Waals surface area contributed by atoms with Gasteiger partial charge >= 0.3 is 156 Å². The van der Waals surface area contributed by atoms with Crippen molar-refractivity contribution in [1.29, 1.82) is 0 Å². The third-order valence-corrected chi connectivity index (χ3v) is 13.2. The third kappa shape index (κ3) is 8.62. The van der Waals surface area contributed by atoms with Gasteiger partial charge in [0, 0.05) is 0 Å². The zero-order chi connectivity index (χ0) is 18.7. The summed E-state index contributed by atoms with van der Waals surface area (Å²) in [6.07, 6.45) is 9.77. The van der Waals surface area contributed by atoms with Crippen LogP contribution in [0.5, 0.6) is 0 Å². The van der Waals surface area contributed by atoms with Gasteiger partial charge in [0.25, 0.3) is 0 Å². The van der Waals surface area contributed by atoms with Crippen molar-refractivity contribution in [3.05, 3.63) is 12.2 Å². The van der Waals surface area contributed by atoms with Crippen LogP contribution in [0.3, 0.4) is 0 Å². The van der Waals surface area contributed by atoms with Crippen LogP contribution in [0.15, 0.2) is 12.2 Å². The second-order valence-corrected chi connectivity index (χ2v) is 18.1. The molecular formula is C18H35BrNO3P. The van der Waals surface area contributed by atoms with Crippen LogP contribution >= 0.6 is 20.8 Å². The van der Waals surface area contributed by atoms with Crippen molar-refractivity contribution in [1.82, 2.24) is 5.32 Å². The summed E-state index contributed by atoms with van der Waals surface area (Å²) in [6, 6.07) is 0. The molecule has 0 aromatic rings. The molecule has 0 aliphatic carbocycles. The number of amides is 2. The molecule has 0 spiro atoms. The van der Waals surface area contributed by atoms with E-state index in [1.807, 2.05) is 0 Å². The fourth-order valence-corrected chi connectivity index (χ4v) is 10.0. The third-order valence-electron chi connectivity index (χ3n) is 4.33. The van der Waals surface area contributed by atoms with Crippen LogP contribution in [-0.4, -0.2) is 36.8 Å². The Balaban J connectivity index is 5.09. The topological polar surface area (TPSA) is 55.4 Å². The van der Waals surface area contributed by atoms with Gasteiger partial charge in [-0.15, -0.1) is 0 Å². The molecule has 0 aliphatic rings. The molecule has 0 radical (unpaired) electrons. The summed E-state index contributed by atoms with van der Waals surface area (Å²) >= 11 is 4.14. The number of unbranched alkanes of at least 4 members (excludes halogenated alkanes) is 3. The molecule has 0 saturated heterocycles. The number of ether oxygens (including phenoxy) is 1. The zero-order valence-corrected chi connectivity index (χ0v) is 18.3. The summed E-state index contributed by atoms with van der Waals surface area (Å²) in [4.78, 5) is 23.5. The summed E-state index contributed by atoms with van der Waals surface area (Å²) in [6.45, 7) is 11.7. The number of alkyl carbamates (subject to hydrolysis) is 1. The molecule has 24 heavy (non-hydrogen) atoms. The van der Waals surface area contributed by atoms with Crippen LogP contribution in [0.2, 0.25) is 0 Å². The minimum absolute atomic E-state index is 0.297. The Morgan fingerprint density at radius 3 is 1.75 bits per heavy atom. The number of halogens is 1. The van der Waals surface area contributed by atoms with E-state index in [0.717, 1.165) is 57.0 Å². The van der Waals surface area contributed by atoms with Gasteiger partial charge in [-0.25, -0.2) is 0 Å². The molecule has 6 heteroatoms. The average Bonchev–Trinajstić information content (AvgIpc) is 2.55.